The number of nitrogens with two attached hydrogens (primary N) is 1. The zero-order chi connectivity index (χ0) is 14.8. The molecule has 1 unspecified atom stereocenters. The number of benzene rings is 2. The summed E-state index contributed by atoms with van der Waals surface area (Å²) in [5.74, 6) is 5.94. The van der Waals surface area contributed by atoms with Crippen molar-refractivity contribution in [3.63, 3.8) is 0 Å². The molecule has 1 heterocycles. The number of para-hydroxylation sites is 1. The molecule has 3 rings (SSSR count). The van der Waals surface area contributed by atoms with Gasteiger partial charge in [0, 0.05) is 5.39 Å². The standard InChI is InChI=1S/C17H17FN2O/c1-11-5-2-3-6-12(11)9-15(20-19)16-10-13-7-4-8-14(18)17(13)21-16/h2-8,10,15,20H,9,19H2,1H3. The summed E-state index contributed by atoms with van der Waals surface area (Å²) >= 11 is 0. The van der Waals surface area contributed by atoms with Crippen molar-refractivity contribution in [1.29, 1.82) is 0 Å². The summed E-state index contributed by atoms with van der Waals surface area (Å²) in [6.45, 7) is 2.06. The zero-order valence-corrected chi connectivity index (χ0v) is 11.8. The molecule has 0 spiro atoms. The fourth-order valence-corrected chi connectivity index (χ4v) is 2.52. The molecule has 0 saturated carbocycles. The zero-order valence-electron chi connectivity index (χ0n) is 11.8. The molecule has 1 aromatic heterocycles. The molecule has 21 heavy (non-hydrogen) atoms. The minimum Gasteiger partial charge on any atom is -0.456 e. The quantitative estimate of drug-likeness (QED) is 0.568. The van der Waals surface area contributed by atoms with Gasteiger partial charge in [-0.2, -0.15) is 0 Å². The smallest absolute Gasteiger partial charge is 0.169 e. The van der Waals surface area contributed by atoms with E-state index in [4.69, 9.17) is 10.3 Å². The fourth-order valence-electron chi connectivity index (χ4n) is 2.52. The van der Waals surface area contributed by atoms with Gasteiger partial charge in [-0.25, -0.2) is 9.82 Å². The lowest BCUT2D eigenvalue weighted by atomic mass is 10.00. The van der Waals surface area contributed by atoms with Gasteiger partial charge in [-0.15, -0.1) is 0 Å². The van der Waals surface area contributed by atoms with Crippen LogP contribution in [-0.2, 0) is 6.42 Å². The molecule has 4 heteroatoms. The van der Waals surface area contributed by atoms with Gasteiger partial charge >= 0.3 is 0 Å². The van der Waals surface area contributed by atoms with Crippen LogP contribution in [0.1, 0.15) is 22.9 Å². The number of fused-ring (bicyclic) bond motifs is 1. The summed E-state index contributed by atoms with van der Waals surface area (Å²) in [5, 5.41) is 0.745. The van der Waals surface area contributed by atoms with Crippen LogP contribution in [0.4, 0.5) is 4.39 Å². The van der Waals surface area contributed by atoms with Crippen molar-refractivity contribution in [3.8, 4) is 0 Å². The van der Waals surface area contributed by atoms with Crippen LogP contribution in [0.5, 0.6) is 0 Å². The highest BCUT2D eigenvalue weighted by Gasteiger charge is 2.17. The summed E-state index contributed by atoms with van der Waals surface area (Å²) in [7, 11) is 0. The van der Waals surface area contributed by atoms with Crippen molar-refractivity contribution in [2.24, 2.45) is 5.84 Å². The van der Waals surface area contributed by atoms with Gasteiger partial charge in [0.25, 0.3) is 0 Å². The molecule has 2 aromatic carbocycles. The van der Waals surface area contributed by atoms with E-state index < -0.39 is 0 Å². The van der Waals surface area contributed by atoms with Crippen molar-refractivity contribution in [2.45, 2.75) is 19.4 Å². The van der Waals surface area contributed by atoms with Crippen LogP contribution in [0.2, 0.25) is 0 Å². The molecule has 1 atom stereocenters. The number of hydrazine groups is 1. The fraction of sp³-hybridized carbons (Fsp3) is 0.176. The second-order valence-corrected chi connectivity index (χ2v) is 5.16. The Bertz CT molecular complexity index is 766. The van der Waals surface area contributed by atoms with Gasteiger partial charge in [0.15, 0.2) is 11.4 Å². The largest absolute Gasteiger partial charge is 0.456 e. The first-order valence-corrected chi connectivity index (χ1v) is 6.87. The normalized spacial score (nSPS) is 12.7. The number of halogens is 1. The Hall–Kier alpha value is -2.17. The molecule has 3 nitrogen and oxygen atoms in total. The number of rotatable bonds is 4. The molecule has 0 fully saturated rings. The van der Waals surface area contributed by atoms with E-state index >= 15 is 0 Å². The summed E-state index contributed by atoms with van der Waals surface area (Å²) in [4.78, 5) is 0. The van der Waals surface area contributed by atoms with Gasteiger partial charge in [-0.3, -0.25) is 5.84 Å². The maximum atomic E-state index is 13.7. The van der Waals surface area contributed by atoms with Crippen LogP contribution < -0.4 is 11.3 Å². The van der Waals surface area contributed by atoms with E-state index in [2.05, 4.69) is 24.5 Å². The lowest BCUT2D eigenvalue weighted by Gasteiger charge is -2.14. The lowest BCUT2D eigenvalue weighted by molar-refractivity contribution is 0.427. The highest BCUT2D eigenvalue weighted by Crippen LogP contribution is 2.28. The molecule has 0 saturated heterocycles. The second-order valence-electron chi connectivity index (χ2n) is 5.16. The topological polar surface area (TPSA) is 51.2 Å². The van der Waals surface area contributed by atoms with E-state index in [1.807, 2.05) is 24.3 Å². The van der Waals surface area contributed by atoms with Crippen molar-refractivity contribution < 1.29 is 8.81 Å². The summed E-state index contributed by atoms with van der Waals surface area (Å²) in [6.07, 6.45) is 0.685. The van der Waals surface area contributed by atoms with Crippen molar-refractivity contribution in [3.05, 3.63) is 71.2 Å². The van der Waals surface area contributed by atoms with E-state index in [1.54, 1.807) is 6.07 Å². The SMILES string of the molecule is Cc1ccccc1CC(NN)c1cc2cccc(F)c2o1. The van der Waals surface area contributed by atoms with E-state index in [0.717, 1.165) is 5.39 Å². The predicted molar refractivity (Wildman–Crippen MR) is 81.1 cm³/mol. The maximum Gasteiger partial charge on any atom is 0.169 e. The predicted octanol–water partition coefficient (Wildman–Crippen LogP) is 3.63. The number of nitrogens with one attached hydrogen (secondary N) is 1. The minimum atomic E-state index is -0.356. The highest BCUT2D eigenvalue weighted by molar-refractivity contribution is 5.78. The molecule has 0 bridgehead atoms. The number of aryl methyl sites for hydroxylation is 1. The molecule has 0 aliphatic rings. The Morgan fingerprint density at radius 1 is 1.19 bits per heavy atom. The Morgan fingerprint density at radius 2 is 2.00 bits per heavy atom. The maximum absolute atomic E-state index is 13.7. The van der Waals surface area contributed by atoms with Gasteiger partial charge in [-0.1, -0.05) is 36.4 Å². The molecular weight excluding hydrogens is 267 g/mol. The third-order valence-corrected chi connectivity index (χ3v) is 3.75. The van der Waals surface area contributed by atoms with Gasteiger partial charge < -0.3 is 4.42 Å². The monoisotopic (exact) mass is 284 g/mol. The van der Waals surface area contributed by atoms with Crippen LogP contribution in [0.15, 0.2) is 52.9 Å². The number of hydrogen-bond acceptors (Lipinski definition) is 3. The van der Waals surface area contributed by atoms with Crippen LogP contribution in [0.25, 0.3) is 11.0 Å². The Labute approximate surface area is 122 Å². The molecule has 0 amide bonds. The molecule has 0 aliphatic carbocycles. The Balaban J connectivity index is 1.95. The number of furan rings is 1. The minimum absolute atomic E-state index is 0.196. The molecule has 0 radical (unpaired) electrons. The Morgan fingerprint density at radius 3 is 2.71 bits per heavy atom. The van der Waals surface area contributed by atoms with Crippen LogP contribution in [0.3, 0.4) is 0 Å². The van der Waals surface area contributed by atoms with Crippen LogP contribution in [0, 0.1) is 12.7 Å². The number of hydrogen-bond donors (Lipinski definition) is 2. The molecular formula is C17H17FN2O. The van der Waals surface area contributed by atoms with E-state index in [0.29, 0.717) is 12.2 Å². The third kappa shape index (κ3) is 2.68. The average Bonchev–Trinajstić information content (AvgIpc) is 2.92. The first kappa shape index (κ1) is 13.8. The van der Waals surface area contributed by atoms with E-state index in [-0.39, 0.29) is 17.4 Å². The summed E-state index contributed by atoms with van der Waals surface area (Å²) < 4.78 is 19.4. The summed E-state index contributed by atoms with van der Waals surface area (Å²) in [6, 6.07) is 14.6. The summed E-state index contributed by atoms with van der Waals surface area (Å²) in [5.41, 5.74) is 5.41. The van der Waals surface area contributed by atoms with Gasteiger partial charge in [0.2, 0.25) is 0 Å². The van der Waals surface area contributed by atoms with Gasteiger partial charge in [-0.05, 0) is 36.6 Å². The first-order chi connectivity index (χ1) is 10.2. The molecule has 3 aromatic rings. The van der Waals surface area contributed by atoms with Crippen molar-refractivity contribution in [1.82, 2.24) is 5.43 Å². The molecule has 3 N–H and O–H groups in total. The highest BCUT2D eigenvalue weighted by atomic mass is 19.1. The third-order valence-electron chi connectivity index (χ3n) is 3.75. The van der Waals surface area contributed by atoms with E-state index in [9.17, 15) is 4.39 Å². The average molecular weight is 284 g/mol. The van der Waals surface area contributed by atoms with Crippen LogP contribution >= 0.6 is 0 Å². The molecule has 108 valence electrons. The lowest BCUT2D eigenvalue weighted by Crippen LogP contribution is -2.29. The second kappa shape index (κ2) is 5.68. The first-order valence-electron chi connectivity index (χ1n) is 6.87. The van der Waals surface area contributed by atoms with Crippen molar-refractivity contribution in [2.75, 3.05) is 0 Å². The Kier molecular flexibility index (Phi) is 3.73. The van der Waals surface area contributed by atoms with Crippen LogP contribution in [-0.4, -0.2) is 0 Å². The molecule has 0 aliphatic heterocycles. The van der Waals surface area contributed by atoms with E-state index in [1.165, 1.54) is 17.2 Å². The van der Waals surface area contributed by atoms with Gasteiger partial charge in [0.05, 0.1) is 6.04 Å². The van der Waals surface area contributed by atoms with Crippen molar-refractivity contribution >= 4 is 11.0 Å². The van der Waals surface area contributed by atoms with Gasteiger partial charge in [0.1, 0.15) is 5.76 Å².